The number of terminal acetylenes is 1. The lowest BCUT2D eigenvalue weighted by atomic mass is 10.2. The Kier molecular flexibility index (Phi) is 7.61. The van der Waals surface area contributed by atoms with Crippen LogP contribution in [0.25, 0.3) is 0 Å². The van der Waals surface area contributed by atoms with E-state index in [1.807, 2.05) is 7.05 Å². The van der Waals surface area contributed by atoms with Crippen molar-refractivity contribution in [3.05, 3.63) is 0 Å². The maximum absolute atomic E-state index is 11.4. The highest BCUT2D eigenvalue weighted by molar-refractivity contribution is 5.81. The highest BCUT2D eigenvalue weighted by atomic mass is 16.2. The van der Waals surface area contributed by atoms with Gasteiger partial charge in [0, 0.05) is 25.6 Å². The van der Waals surface area contributed by atoms with Gasteiger partial charge in [-0.2, -0.15) is 0 Å². The quantitative estimate of drug-likeness (QED) is 0.608. The van der Waals surface area contributed by atoms with Crippen molar-refractivity contribution in [2.45, 2.75) is 38.8 Å². The molecule has 0 aromatic rings. The number of hydrogen-bond acceptors (Lipinski definition) is 3. The summed E-state index contributed by atoms with van der Waals surface area (Å²) >= 11 is 0. The Balaban J connectivity index is 3.74. The SMILES string of the molecule is C#CCC(N)C(=O)NCCN(C)C(C)CC. The monoisotopic (exact) mass is 225 g/mol. The summed E-state index contributed by atoms with van der Waals surface area (Å²) < 4.78 is 0. The number of hydrogen-bond donors (Lipinski definition) is 2. The minimum Gasteiger partial charge on any atom is -0.353 e. The van der Waals surface area contributed by atoms with Gasteiger partial charge in [0.05, 0.1) is 6.04 Å². The molecular formula is C12H23N3O. The van der Waals surface area contributed by atoms with Crippen LogP contribution in [0.5, 0.6) is 0 Å². The standard InChI is InChI=1S/C12H23N3O/c1-5-7-11(13)12(16)14-8-9-15(4)10(3)6-2/h1,10-11H,6-9,13H2,2-4H3,(H,14,16). The topological polar surface area (TPSA) is 58.4 Å². The number of nitrogens with zero attached hydrogens (tertiary/aromatic N) is 1. The van der Waals surface area contributed by atoms with Crippen molar-refractivity contribution in [2.24, 2.45) is 5.73 Å². The van der Waals surface area contributed by atoms with Crippen LogP contribution in [-0.2, 0) is 4.79 Å². The maximum atomic E-state index is 11.4. The van der Waals surface area contributed by atoms with Crippen LogP contribution in [0.4, 0.5) is 0 Å². The van der Waals surface area contributed by atoms with Crippen molar-refractivity contribution >= 4 is 5.91 Å². The van der Waals surface area contributed by atoms with E-state index in [0.29, 0.717) is 12.6 Å². The molecule has 0 fully saturated rings. The van der Waals surface area contributed by atoms with E-state index in [1.165, 1.54) is 0 Å². The average Bonchev–Trinajstić information content (AvgIpc) is 2.27. The Hall–Kier alpha value is -1.05. The van der Waals surface area contributed by atoms with Crippen LogP contribution in [0.15, 0.2) is 0 Å². The zero-order valence-electron chi connectivity index (χ0n) is 10.5. The number of amides is 1. The predicted octanol–water partition coefficient (Wildman–Crippen LogP) is 0.184. The first-order valence-electron chi connectivity index (χ1n) is 5.69. The number of nitrogens with two attached hydrogens (primary N) is 1. The molecule has 4 nitrogen and oxygen atoms in total. The molecule has 0 rings (SSSR count). The first-order valence-corrected chi connectivity index (χ1v) is 5.69. The van der Waals surface area contributed by atoms with E-state index in [9.17, 15) is 4.79 Å². The van der Waals surface area contributed by atoms with Gasteiger partial charge in [-0.3, -0.25) is 4.79 Å². The third-order valence-corrected chi connectivity index (χ3v) is 2.78. The van der Waals surface area contributed by atoms with Gasteiger partial charge in [0.15, 0.2) is 0 Å². The molecule has 0 aromatic carbocycles. The molecule has 0 saturated heterocycles. The summed E-state index contributed by atoms with van der Waals surface area (Å²) in [6.45, 7) is 5.73. The van der Waals surface area contributed by atoms with Crippen LogP contribution in [-0.4, -0.2) is 43.0 Å². The third kappa shape index (κ3) is 5.74. The lowest BCUT2D eigenvalue weighted by Gasteiger charge is -2.23. The zero-order chi connectivity index (χ0) is 12.6. The van der Waals surface area contributed by atoms with E-state index in [4.69, 9.17) is 12.2 Å². The Labute approximate surface area is 98.6 Å². The molecule has 4 heteroatoms. The molecule has 16 heavy (non-hydrogen) atoms. The fourth-order valence-electron chi connectivity index (χ4n) is 1.24. The minimum absolute atomic E-state index is 0.171. The highest BCUT2D eigenvalue weighted by Crippen LogP contribution is 1.98. The molecule has 0 aliphatic rings. The largest absolute Gasteiger partial charge is 0.353 e. The van der Waals surface area contributed by atoms with Crippen molar-refractivity contribution in [1.82, 2.24) is 10.2 Å². The van der Waals surface area contributed by atoms with Gasteiger partial charge in [0.25, 0.3) is 0 Å². The number of carbonyl (C=O) groups excluding carboxylic acids is 1. The number of rotatable bonds is 7. The van der Waals surface area contributed by atoms with Gasteiger partial charge in [-0.1, -0.05) is 6.92 Å². The molecular weight excluding hydrogens is 202 g/mol. The Morgan fingerprint density at radius 1 is 1.62 bits per heavy atom. The molecule has 0 heterocycles. The van der Waals surface area contributed by atoms with E-state index in [0.717, 1.165) is 13.0 Å². The van der Waals surface area contributed by atoms with Crippen LogP contribution in [0.2, 0.25) is 0 Å². The van der Waals surface area contributed by atoms with E-state index in [2.05, 4.69) is 30.0 Å². The van der Waals surface area contributed by atoms with Crippen molar-refractivity contribution in [1.29, 1.82) is 0 Å². The Morgan fingerprint density at radius 2 is 2.25 bits per heavy atom. The molecule has 0 aliphatic heterocycles. The molecule has 2 unspecified atom stereocenters. The van der Waals surface area contributed by atoms with Crippen molar-refractivity contribution in [3.8, 4) is 12.3 Å². The van der Waals surface area contributed by atoms with Gasteiger partial charge >= 0.3 is 0 Å². The van der Waals surface area contributed by atoms with Gasteiger partial charge in [-0.25, -0.2) is 0 Å². The molecule has 2 atom stereocenters. The van der Waals surface area contributed by atoms with Gasteiger partial charge < -0.3 is 16.0 Å². The second-order valence-corrected chi connectivity index (χ2v) is 4.04. The van der Waals surface area contributed by atoms with Gasteiger partial charge in [0.1, 0.15) is 0 Å². The molecule has 0 bridgehead atoms. The summed E-state index contributed by atoms with van der Waals surface area (Å²) in [6, 6.07) is -0.0600. The van der Waals surface area contributed by atoms with Crippen molar-refractivity contribution in [3.63, 3.8) is 0 Å². The first-order chi connectivity index (χ1) is 7.52. The smallest absolute Gasteiger partial charge is 0.237 e. The number of nitrogens with one attached hydrogen (secondary N) is 1. The predicted molar refractivity (Wildman–Crippen MR) is 66.8 cm³/mol. The molecule has 0 aliphatic carbocycles. The molecule has 1 amide bonds. The second-order valence-electron chi connectivity index (χ2n) is 4.04. The molecule has 0 spiro atoms. The summed E-state index contributed by atoms with van der Waals surface area (Å²) in [5.74, 6) is 2.21. The van der Waals surface area contributed by atoms with Gasteiger partial charge in [-0.15, -0.1) is 12.3 Å². The minimum atomic E-state index is -0.584. The average molecular weight is 225 g/mol. The van der Waals surface area contributed by atoms with E-state index in [-0.39, 0.29) is 12.3 Å². The first kappa shape index (κ1) is 14.9. The zero-order valence-corrected chi connectivity index (χ0v) is 10.5. The Morgan fingerprint density at radius 3 is 2.75 bits per heavy atom. The summed E-state index contributed by atoms with van der Waals surface area (Å²) in [6.07, 6.45) is 6.47. The van der Waals surface area contributed by atoms with Crippen molar-refractivity contribution in [2.75, 3.05) is 20.1 Å². The molecule has 0 radical (unpaired) electrons. The lowest BCUT2D eigenvalue weighted by Crippen LogP contribution is -2.44. The van der Waals surface area contributed by atoms with Gasteiger partial charge in [0.2, 0.25) is 5.91 Å². The Bertz CT molecular complexity index is 247. The van der Waals surface area contributed by atoms with Crippen LogP contribution < -0.4 is 11.1 Å². The normalized spacial score (nSPS) is 14.2. The number of carbonyl (C=O) groups is 1. The molecule has 0 saturated carbocycles. The summed E-state index contributed by atoms with van der Waals surface area (Å²) in [7, 11) is 2.04. The van der Waals surface area contributed by atoms with Crippen LogP contribution in [0.1, 0.15) is 26.7 Å². The maximum Gasteiger partial charge on any atom is 0.237 e. The second kappa shape index (κ2) is 8.14. The van der Waals surface area contributed by atoms with Crippen LogP contribution >= 0.6 is 0 Å². The van der Waals surface area contributed by atoms with Crippen molar-refractivity contribution < 1.29 is 4.79 Å². The van der Waals surface area contributed by atoms with Crippen LogP contribution in [0, 0.1) is 12.3 Å². The van der Waals surface area contributed by atoms with Gasteiger partial charge in [-0.05, 0) is 20.4 Å². The van der Waals surface area contributed by atoms with E-state index < -0.39 is 6.04 Å². The summed E-state index contributed by atoms with van der Waals surface area (Å²) in [5, 5.41) is 2.78. The molecule has 0 aromatic heterocycles. The fourth-order valence-corrected chi connectivity index (χ4v) is 1.24. The van der Waals surface area contributed by atoms with E-state index in [1.54, 1.807) is 0 Å². The van der Waals surface area contributed by atoms with E-state index >= 15 is 0 Å². The summed E-state index contributed by atoms with van der Waals surface area (Å²) in [4.78, 5) is 13.6. The highest BCUT2D eigenvalue weighted by Gasteiger charge is 2.12. The fraction of sp³-hybridized carbons (Fsp3) is 0.750. The number of likely N-dealkylation sites (N-methyl/N-ethyl adjacent to an activating group) is 1. The molecule has 92 valence electrons. The third-order valence-electron chi connectivity index (χ3n) is 2.78. The van der Waals surface area contributed by atoms with Crippen LogP contribution in [0.3, 0.4) is 0 Å². The molecule has 3 N–H and O–H groups in total. The summed E-state index contributed by atoms with van der Waals surface area (Å²) in [5.41, 5.74) is 5.56. The lowest BCUT2D eigenvalue weighted by molar-refractivity contribution is -0.122.